The summed E-state index contributed by atoms with van der Waals surface area (Å²) in [6.45, 7) is 4.39. The van der Waals surface area contributed by atoms with Gasteiger partial charge >= 0.3 is 0 Å². The van der Waals surface area contributed by atoms with Crippen LogP contribution in [0, 0.1) is 13.8 Å². The summed E-state index contributed by atoms with van der Waals surface area (Å²) in [7, 11) is 0. The van der Waals surface area contributed by atoms with Gasteiger partial charge < -0.3 is 4.90 Å². The Balaban J connectivity index is 0.973. The molecule has 0 saturated heterocycles. The van der Waals surface area contributed by atoms with Crippen LogP contribution >= 0.6 is 0 Å². The average Bonchev–Trinajstić information content (AvgIpc) is 4.06. The number of ketones is 1. The highest BCUT2D eigenvalue weighted by Crippen LogP contribution is 2.65. The number of benzene rings is 10. The first-order valence-electron chi connectivity index (χ1n) is 23.4. The normalized spacial score (nSPS) is 15.6. The summed E-state index contributed by atoms with van der Waals surface area (Å²) in [5, 5.41) is 0. The molecule has 2 nitrogen and oxygen atoms in total. The first-order valence-corrected chi connectivity index (χ1v) is 23.4. The van der Waals surface area contributed by atoms with Gasteiger partial charge in [0.15, 0.2) is 5.78 Å². The van der Waals surface area contributed by atoms with Gasteiger partial charge in [-0.1, -0.05) is 188 Å². The lowest BCUT2D eigenvalue weighted by molar-refractivity contribution is 0.103. The highest BCUT2D eigenvalue weighted by molar-refractivity contribution is 6.11. The van der Waals surface area contributed by atoms with Gasteiger partial charge in [0, 0.05) is 28.2 Å². The van der Waals surface area contributed by atoms with E-state index in [4.69, 9.17) is 0 Å². The summed E-state index contributed by atoms with van der Waals surface area (Å²) in [6.07, 6.45) is 0. The molecule has 1 unspecified atom stereocenters. The van der Waals surface area contributed by atoms with Crippen LogP contribution in [-0.2, 0) is 10.8 Å². The Hall–Kier alpha value is -8.33. The van der Waals surface area contributed by atoms with Crippen molar-refractivity contribution in [1.82, 2.24) is 0 Å². The lowest BCUT2D eigenvalue weighted by Gasteiger charge is -2.33. The number of carbonyl (C=O) groups is 1. The maximum absolute atomic E-state index is 15.5. The molecule has 4 aliphatic rings. The Morgan fingerprint density at radius 3 is 1.00 bits per heavy atom. The van der Waals surface area contributed by atoms with E-state index in [0.29, 0.717) is 11.1 Å². The molecule has 0 bridgehead atoms. The first-order chi connectivity index (χ1) is 33.0. The van der Waals surface area contributed by atoms with Crippen molar-refractivity contribution in [3.63, 3.8) is 0 Å². The molecule has 1 atom stereocenters. The van der Waals surface area contributed by atoms with Crippen LogP contribution in [0.15, 0.2) is 224 Å². The molecule has 0 aliphatic heterocycles. The minimum absolute atomic E-state index is 0.0212. The van der Waals surface area contributed by atoms with Gasteiger partial charge in [0.2, 0.25) is 0 Å². The number of anilines is 3. The fourth-order valence-electron chi connectivity index (χ4n) is 12.8. The minimum Gasteiger partial charge on any atom is -0.310 e. The van der Waals surface area contributed by atoms with Gasteiger partial charge in [-0.05, 0) is 150 Å². The molecular formula is C65H43NO. The van der Waals surface area contributed by atoms with Crippen molar-refractivity contribution in [3.05, 3.63) is 291 Å². The number of aryl methyl sites for hydroxylation is 2. The summed E-state index contributed by atoms with van der Waals surface area (Å²) in [5.74, 6) is 0.0212. The van der Waals surface area contributed by atoms with Crippen LogP contribution in [0.25, 0.3) is 44.5 Å². The van der Waals surface area contributed by atoms with Gasteiger partial charge in [0.25, 0.3) is 0 Å². The Labute approximate surface area is 391 Å². The van der Waals surface area contributed by atoms with E-state index in [0.717, 1.165) is 28.2 Å². The van der Waals surface area contributed by atoms with Crippen molar-refractivity contribution in [2.75, 3.05) is 4.90 Å². The summed E-state index contributed by atoms with van der Waals surface area (Å²) in [5.41, 5.74) is 25.5. The predicted octanol–water partition coefficient (Wildman–Crippen LogP) is 15.7. The molecule has 0 aromatic heterocycles. The summed E-state index contributed by atoms with van der Waals surface area (Å²) >= 11 is 0. The Bertz CT molecular complexity index is 3660. The van der Waals surface area contributed by atoms with Crippen molar-refractivity contribution in [1.29, 1.82) is 0 Å². The van der Waals surface area contributed by atoms with Crippen LogP contribution in [0.3, 0.4) is 0 Å². The van der Waals surface area contributed by atoms with E-state index in [1.54, 1.807) is 0 Å². The third kappa shape index (κ3) is 4.87. The van der Waals surface area contributed by atoms with Crippen LogP contribution in [-0.4, -0.2) is 5.78 Å². The second kappa shape index (κ2) is 13.8. The van der Waals surface area contributed by atoms with Crippen molar-refractivity contribution in [2.45, 2.75) is 24.7 Å². The fourth-order valence-corrected chi connectivity index (χ4v) is 12.8. The van der Waals surface area contributed by atoms with Gasteiger partial charge in [-0.3, -0.25) is 4.79 Å². The first kappa shape index (κ1) is 38.0. The summed E-state index contributed by atoms with van der Waals surface area (Å²) in [4.78, 5) is 17.9. The Morgan fingerprint density at radius 2 is 0.612 bits per heavy atom. The number of para-hydroxylation sites is 2. The van der Waals surface area contributed by atoms with E-state index in [2.05, 4.69) is 243 Å². The van der Waals surface area contributed by atoms with Gasteiger partial charge in [0.05, 0.1) is 10.8 Å². The molecule has 0 saturated carbocycles. The van der Waals surface area contributed by atoms with Crippen LogP contribution in [0.4, 0.5) is 17.1 Å². The highest BCUT2D eigenvalue weighted by Gasteiger charge is 2.53. The number of hydrogen-bond acceptors (Lipinski definition) is 2. The summed E-state index contributed by atoms with van der Waals surface area (Å²) < 4.78 is 0. The molecule has 0 N–H and O–H groups in total. The topological polar surface area (TPSA) is 20.3 Å². The van der Waals surface area contributed by atoms with Crippen LogP contribution in [0.5, 0.6) is 0 Å². The van der Waals surface area contributed by atoms with Gasteiger partial charge in [0.1, 0.15) is 0 Å². The smallest absolute Gasteiger partial charge is 0.193 e. The van der Waals surface area contributed by atoms with E-state index >= 15 is 4.79 Å². The van der Waals surface area contributed by atoms with E-state index in [1.165, 1.54) is 89.0 Å². The van der Waals surface area contributed by atoms with Crippen molar-refractivity contribution >= 4 is 22.8 Å². The third-order valence-electron chi connectivity index (χ3n) is 15.6. The van der Waals surface area contributed by atoms with Gasteiger partial charge in [-0.25, -0.2) is 0 Å². The minimum atomic E-state index is -0.659. The third-order valence-corrected chi connectivity index (χ3v) is 15.6. The average molecular weight is 854 g/mol. The maximum atomic E-state index is 15.5. The number of fused-ring (bicyclic) bond motifs is 20. The molecule has 0 heterocycles. The molecule has 2 heteroatoms. The molecule has 2 spiro atoms. The molecule has 67 heavy (non-hydrogen) atoms. The highest BCUT2D eigenvalue weighted by atomic mass is 16.1. The molecule has 314 valence electrons. The molecule has 14 rings (SSSR count). The maximum Gasteiger partial charge on any atom is 0.193 e. The van der Waals surface area contributed by atoms with Crippen molar-refractivity contribution < 1.29 is 4.79 Å². The van der Waals surface area contributed by atoms with Crippen molar-refractivity contribution in [3.8, 4) is 44.5 Å². The molecule has 10 aromatic carbocycles. The van der Waals surface area contributed by atoms with Gasteiger partial charge in [-0.15, -0.1) is 0 Å². The molecule has 4 aliphatic carbocycles. The predicted molar refractivity (Wildman–Crippen MR) is 273 cm³/mol. The van der Waals surface area contributed by atoms with Crippen LogP contribution < -0.4 is 4.90 Å². The quantitative estimate of drug-likeness (QED) is 0.161. The Kier molecular flexibility index (Phi) is 7.85. The molecular weight excluding hydrogens is 811 g/mol. The second-order valence-electron chi connectivity index (χ2n) is 18.7. The number of carbonyl (C=O) groups excluding carboxylic acids is 1. The monoisotopic (exact) mass is 853 g/mol. The van der Waals surface area contributed by atoms with Gasteiger partial charge in [-0.2, -0.15) is 0 Å². The largest absolute Gasteiger partial charge is 0.310 e. The SMILES string of the molecule is Cc1ccccc1N(c1ccc2c(c1)C1(c3ccccc3-c3ccc(C(=O)c4ccc5c(c4)C4(c6ccccc6-c6ccccc64)c4ccccc4-5)cc31)c1ccccc1-2)c1ccccc1C. The molecule has 0 fully saturated rings. The zero-order chi connectivity index (χ0) is 44.6. The number of hydrogen-bond donors (Lipinski definition) is 0. The van der Waals surface area contributed by atoms with Crippen LogP contribution in [0.1, 0.15) is 71.6 Å². The summed E-state index contributed by atoms with van der Waals surface area (Å²) in [6, 6.07) is 81.7. The number of rotatable bonds is 5. The Morgan fingerprint density at radius 1 is 0.313 bits per heavy atom. The zero-order valence-electron chi connectivity index (χ0n) is 37.2. The van der Waals surface area contributed by atoms with Crippen LogP contribution in [0.2, 0.25) is 0 Å². The molecule has 0 amide bonds. The second-order valence-corrected chi connectivity index (χ2v) is 18.7. The van der Waals surface area contributed by atoms with Crippen molar-refractivity contribution in [2.24, 2.45) is 0 Å². The standard InChI is InChI=1S/C65H43NO/c1-40-17-3-15-29-61(40)66(62-30-16-4-18-41(62)2)44-33-36-52-49-23-9-14-28-57(49)65(60(52)39-44)56-27-13-8-22-48(56)51-35-32-43(38-59(51)65)63(67)42-31-34-50-47-21-7-12-26-55(47)64(58(50)37-42)53-24-10-5-19-45(53)46-20-6-11-25-54(46)64/h3-39H,1-2H3. The zero-order valence-corrected chi connectivity index (χ0v) is 37.2. The van der Waals surface area contributed by atoms with E-state index in [1.807, 2.05) is 0 Å². The van der Waals surface area contributed by atoms with E-state index in [-0.39, 0.29) is 5.78 Å². The molecule has 0 radical (unpaired) electrons. The molecule has 10 aromatic rings. The van der Waals surface area contributed by atoms with E-state index in [9.17, 15) is 0 Å². The lowest BCUT2D eigenvalue weighted by Crippen LogP contribution is -2.27. The lowest BCUT2D eigenvalue weighted by atomic mass is 9.70. The number of nitrogens with zero attached hydrogens (tertiary/aromatic N) is 1. The van der Waals surface area contributed by atoms with E-state index < -0.39 is 10.8 Å². The fraction of sp³-hybridized carbons (Fsp3) is 0.0615.